The summed E-state index contributed by atoms with van der Waals surface area (Å²) >= 11 is -0.457. The van der Waals surface area contributed by atoms with Gasteiger partial charge < -0.3 is 0 Å². The van der Waals surface area contributed by atoms with Crippen LogP contribution in [0.15, 0.2) is 4.94 Å². The monoisotopic (exact) mass is 528 g/mol. The van der Waals surface area contributed by atoms with Crippen LogP contribution in [0.5, 0.6) is 0 Å². The molecule has 2 heterocycles. The van der Waals surface area contributed by atoms with Crippen molar-refractivity contribution in [1.82, 2.24) is 4.98 Å². The van der Waals surface area contributed by atoms with Crippen molar-refractivity contribution in [1.29, 1.82) is 0 Å². The number of nitrogens with two attached hydrogens (primary N) is 1. The molecule has 1 fully saturated rings. The van der Waals surface area contributed by atoms with E-state index in [1.54, 1.807) is 13.8 Å². The molecule has 4 N–H and O–H groups in total. The van der Waals surface area contributed by atoms with Gasteiger partial charge in [-0.2, -0.15) is 0 Å². The van der Waals surface area contributed by atoms with E-state index in [4.69, 9.17) is 29.7 Å². The van der Waals surface area contributed by atoms with Crippen LogP contribution >= 0.6 is 7.82 Å². The summed E-state index contributed by atoms with van der Waals surface area (Å²) in [6.45, 7) is 2.94. The number of hydrogen-bond acceptors (Lipinski definition) is 9. The Kier molecular flexibility index (Phi) is 9.38. The van der Waals surface area contributed by atoms with Gasteiger partial charge >= 0.3 is 184 Å². The zero-order valence-electron chi connectivity index (χ0n) is 17.0. The molecule has 14 heteroatoms. The van der Waals surface area contributed by atoms with E-state index in [1.807, 2.05) is 0 Å². The molecule has 1 aliphatic heterocycles. The van der Waals surface area contributed by atoms with Gasteiger partial charge in [-0.25, -0.2) is 0 Å². The number of ether oxygens (including phenoxy) is 3. The van der Waals surface area contributed by atoms with Gasteiger partial charge in [0.15, 0.2) is 0 Å². The molecule has 0 spiro atoms. The number of phosphoric acid groups is 1. The Morgan fingerprint density at radius 2 is 1.74 bits per heavy atom. The Bertz CT molecular complexity index is 841. The quantitative estimate of drug-likeness (QED) is 0.203. The number of primary amides is 1. The molecule has 1 amide bonds. The van der Waals surface area contributed by atoms with Crippen molar-refractivity contribution in [3.05, 3.63) is 15.2 Å². The second-order valence-electron chi connectivity index (χ2n) is 6.73. The first-order valence-corrected chi connectivity index (χ1v) is 12.9. The molecule has 31 heavy (non-hydrogen) atoms. The maximum absolute atomic E-state index is 12.2. The van der Waals surface area contributed by atoms with E-state index in [-0.39, 0.29) is 18.5 Å². The standard InChI is InChI=1S/C17H25N2O10PSe/c1-3-5-11(20)28-13-10(7-26-30(23,24)25)27-15(14(13)29-12(21)6-4-2)17-19-9(8-31-17)16(18)22/h8,10,13-15H,3-7H2,1-2H3,(H2,18,22)(H2,23,24,25)/t10-,13-,14-,15-/m1/s1. The molecule has 1 saturated heterocycles. The van der Waals surface area contributed by atoms with Crippen LogP contribution < -0.4 is 5.73 Å². The molecule has 1 aromatic heterocycles. The van der Waals surface area contributed by atoms with Crippen molar-refractivity contribution in [3.63, 3.8) is 0 Å². The molecule has 0 bridgehead atoms. The summed E-state index contributed by atoms with van der Waals surface area (Å²) in [7, 11) is -4.84. The number of carbonyl (C=O) groups excluding carboxylic acids is 3. The molecule has 0 unspecified atom stereocenters. The Hall–Kier alpha value is -1.59. The second kappa shape index (κ2) is 11.3. The number of rotatable bonds is 11. The van der Waals surface area contributed by atoms with E-state index in [9.17, 15) is 18.9 Å². The predicted molar refractivity (Wildman–Crippen MR) is 105 cm³/mol. The third kappa shape index (κ3) is 7.50. The van der Waals surface area contributed by atoms with E-state index in [0.29, 0.717) is 17.4 Å². The Balaban J connectivity index is 2.37. The van der Waals surface area contributed by atoms with Crippen LogP contribution in [0.1, 0.15) is 60.7 Å². The van der Waals surface area contributed by atoms with Crippen molar-refractivity contribution in [2.24, 2.45) is 5.73 Å². The second-order valence-corrected chi connectivity index (χ2v) is 9.83. The van der Waals surface area contributed by atoms with Gasteiger partial charge in [0.1, 0.15) is 0 Å². The number of hydrogen-bond donors (Lipinski definition) is 3. The number of aromatic nitrogens is 1. The average molecular weight is 527 g/mol. The number of amides is 1. The van der Waals surface area contributed by atoms with Gasteiger partial charge in [0.2, 0.25) is 0 Å². The van der Waals surface area contributed by atoms with Crippen LogP contribution in [0.4, 0.5) is 0 Å². The zero-order valence-corrected chi connectivity index (χ0v) is 19.6. The zero-order chi connectivity index (χ0) is 23.2. The normalized spacial score (nSPS) is 23.5. The van der Waals surface area contributed by atoms with Gasteiger partial charge in [-0.15, -0.1) is 0 Å². The number of nitrogens with zero attached hydrogens (tertiary/aromatic N) is 1. The third-order valence-electron chi connectivity index (χ3n) is 4.18. The Labute approximate surface area is 184 Å². The maximum atomic E-state index is 12.2. The van der Waals surface area contributed by atoms with Crippen LogP contribution in [0, 0.1) is 0 Å². The Morgan fingerprint density at radius 1 is 1.16 bits per heavy atom. The summed E-state index contributed by atoms with van der Waals surface area (Å²) in [6.07, 6.45) is -3.26. The van der Waals surface area contributed by atoms with E-state index in [2.05, 4.69) is 9.51 Å². The fourth-order valence-electron chi connectivity index (χ4n) is 2.86. The number of carbonyl (C=O) groups is 3. The summed E-state index contributed by atoms with van der Waals surface area (Å²) in [6, 6.07) is 0. The summed E-state index contributed by atoms with van der Waals surface area (Å²) < 4.78 is 32.9. The summed E-state index contributed by atoms with van der Waals surface area (Å²) in [5.74, 6) is -1.89. The van der Waals surface area contributed by atoms with E-state index in [1.165, 1.54) is 4.94 Å². The van der Waals surface area contributed by atoms with Crippen LogP contribution in [0.2, 0.25) is 0 Å². The van der Waals surface area contributed by atoms with Gasteiger partial charge in [0.25, 0.3) is 0 Å². The van der Waals surface area contributed by atoms with Crippen LogP contribution in [-0.4, -0.2) is 72.0 Å². The molecule has 2 rings (SSSR count). The van der Waals surface area contributed by atoms with E-state index in [0.717, 1.165) is 0 Å². The van der Waals surface area contributed by atoms with Gasteiger partial charge in [-0.1, -0.05) is 0 Å². The first kappa shape index (κ1) is 25.7. The van der Waals surface area contributed by atoms with E-state index >= 15 is 0 Å². The fraction of sp³-hybridized carbons (Fsp3) is 0.647. The minimum atomic E-state index is -4.84. The number of esters is 2. The molecule has 0 aromatic carbocycles. The first-order valence-electron chi connectivity index (χ1n) is 9.55. The van der Waals surface area contributed by atoms with Gasteiger partial charge in [0, 0.05) is 0 Å². The molecule has 0 aliphatic carbocycles. The fourth-order valence-corrected chi connectivity index (χ4v) is 5.04. The SMILES string of the molecule is CCCC(=O)O[C@@H]1[C@H](OC(=O)CCC)[C@@H](COP(=O)(O)O)O[C@H]1c1nc(C(N)=O)c[se]1. The van der Waals surface area contributed by atoms with Gasteiger partial charge in [-0.05, 0) is 0 Å². The van der Waals surface area contributed by atoms with Crippen molar-refractivity contribution in [2.75, 3.05) is 6.61 Å². The van der Waals surface area contributed by atoms with Crippen molar-refractivity contribution >= 4 is 40.2 Å². The molecule has 12 nitrogen and oxygen atoms in total. The van der Waals surface area contributed by atoms with Crippen molar-refractivity contribution in [3.8, 4) is 0 Å². The first-order chi connectivity index (χ1) is 14.6. The minimum absolute atomic E-state index is 0.0340. The van der Waals surface area contributed by atoms with Crippen molar-refractivity contribution in [2.45, 2.75) is 63.9 Å². The molecule has 174 valence electrons. The number of phosphoric ester groups is 1. The molecular weight excluding hydrogens is 502 g/mol. The summed E-state index contributed by atoms with van der Waals surface area (Å²) in [5.41, 5.74) is 5.29. The molecule has 1 aromatic rings. The van der Waals surface area contributed by atoms with E-state index < -0.39 is 71.2 Å². The average Bonchev–Trinajstić information content (AvgIpc) is 3.26. The topological polar surface area (TPSA) is 185 Å². The van der Waals surface area contributed by atoms with Crippen LogP contribution in [0.3, 0.4) is 0 Å². The molecule has 1 aliphatic rings. The van der Waals surface area contributed by atoms with Crippen molar-refractivity contribution < 1.29 is 47.5 Å². The summed E-state index contributed by atoms with van der Waals surface area (Å²) in [5, 5.41) is 0. The van der Waals surface area contributed by atoms with Gasteiger partial charge in [0.05, 0.1) is 0 Å². The molecule has 0 radical (unpaired) electrons. The molecular formula is C17H25N2O10PSe. The van der Waals surface area contributed by atoms with Gasteiger partial charge in [-0.3, -0.25) is 0 Å². The summed E-state index contributed by atoms with van der Waals surface area (Å²) in [4.78, 5) is 59.6. The molecule has 0 saturated carbocycles. The predicted octanol–water partition coefficient (Wildman–Crippen LogP) is 0.211. The Morgan fingerprint density at radius 3 is 2.23 bits per heavy atom. The van der Waals surface area contributed by atoms with Crippen LogP contribution in [-0.2, 0) is 32.9 Å². The van der Waals surface area contributed by atoms with Crippen LogP contribution in [0.25, 0.3) is 0 Å². The third-order valence-corrected chi connectivity index (χ3v) is 6.56. The molecule has 4 atom stereocenters.